The van der Waals surface area contributed by atoms with E-state index in [1.807, 2.05) is 10.9 Å². The first-order valence-electron chi connectivity index (χ1n) is 7.78. The molecule has 1 aliphatic rings. The summed E-state index contributed by atoms with van der Waals surface area (Å²) in [7, 11) is 0. The van der Waals surface area contributed by atoms with E-state index in [9.17, 15) is 0 Å². The van der Waals surface area contributed by atoms with Crippen molar-refractivity contribution in [1.82, 2.24) is 15.1 Å². The second-order valence-corrected chi connectivity index (χ2v) is 5.80. The minimum Gasteiger partial charge on any atom is -0.454 e. The van der Waals surface area contributed by atoms with E-state index >= 15 is 0 Å². The van der Waals surface area contributed by atoms with Crippen molar-refractivity contribution >= 4 is 0 Å². The molecule has 4 nitrogen and oxygen atoms in total. The molecule has 1 fully saturated rings. The predicted molar refractivity (Wildman–Crippen MR) is 83.6 cm³/mol. The molecule has 1 N–H and O–H groups in total. The summed E-state index contributed by atoms with van der Waals surface area (Å²) in [5, 5.41) is 7.83. The van der Waals surface area contributed by atoms with E-state index in [0.717, 1.165) is 42.6 Å². The van der Waals surface area contributed by atoms with Gasteiger partial charge in [0.2, 0.25) is 0 Å². The van der Waals surface area contributed by atoms with Crippen molar-refractivity contribution in [2.75, 3.05) is 0 Å². The number of benzene rings is 1. The van der Waals surface area contributed by atoms with Gasteiger partial charge in [-0.25, -0.2) is 0 Å². The quantitative estimate of drug-likeness (QED) is 0.844. The molecular formula is C17H23N3O. The van der Waals surface area contributed by atoms with Gasteiger partial charge in [-0.1, -0.05) is 19.1 Å². The fourth-order valence-electron chi connectivity index (χ4n) is 2.29. The average molecular weight is 285 g/mol. The molecule has 0 aliphatic heterocycles. The first kappa shape index (κ1) is 14.1. The summed E-state index contributed by atoms with van der Waals surface area (Å²) in [6, 6.07) is 7.14. The number of ether oxygens (including phenoxy) is 1. The summed E-state index contributed by atoms with van der Waals surface area (Å²) >= 11 is 0. The van der Waals surface area contributed by atoms with Crippen LogP contribution in [0.15, 0.2) is 30.6 Å². The van der Waals surface area contributed by atoms with Gasteiger partial charge in [0, 0.05) is 19.1 Å². The van der Waals surface area contributed by atoms with Gasteiger partial charge in [0.15, 0.2) is 5.75 Å². The molecule has 0 amide bonds. The second-order valence-electron chi connectivity index (χ2n) is 5.80. The molecule has 112 valence electrons. The van der Waals surface area contributed by atoms with Crippen molar-refractivity contribution in [3.8, 4) is 11.5 Å². The summed E-state index contributed by atoms with van der Waals surface area (Å²) in [4.78, 5) is 0. The highest BCUT2D eigenvalue weighted by atomic mass is 16.5. The minimum absolute atomic E-state index is 0.725. The third-order valence-electron chi connectivity index (χ3n) is 3.71. The van der Waals surface area contributed by atoms with Crippen LogP contribution in [0, 0.1) is 6.92 Å². The van der Waals surface area contributed by atoms with Gasteiger partial charge < -0.3 is 10.1 Å². The van der Waals surface area contributed by atoms with E-state index in [2.05, 4.69) is 42.5 Å². The molecule has 1 aromatic carbocycles. The van der Waals surface area contributed by atoms with Crippen LogP contribution in [0.4, 0.5) is 0 Å². The van der Waals surface area contributed by atoms with Crippen molar-refractivity contribution in [3.05, 3.63) is 41.7 Å². The normalized spacial score (nSPS) is 14.4. The summed E-state index contributed by atoms with van der Waals surface area (Å²) in [5.41, 5.74) is 2.41. The Kier molecular flexibility index (Phi) is 4.25. The highest BCUT2D eigenvalue weighted by molar-refractivity contribution is 5.39. The molecule has 1 heterocycles. The molecule has 1 saturated carbocycles. The van der Waals surface area contributed by atoms with E-state index < -0.39 is 0 Å². The maximum atomic E-state index is 5.99. The standard InChI is InChI=1S/C17H23N3O/c1-3-8-20-12-16(11-19-20)21-17-9-14(5-4-13(17)2)10-18-15-6-7-15/h4-5,9,11-12,15,18H,3,6-8,10H2,1-2H3. The molecule has 2 aromatic rings. The lowest BCUT2D eigenvalue weighted by Gasteiger charge is -2.10. The van der Waals surface area contributed by atoms with Gasteiger partial charge in [0.1, 0.15) is 5.75 Å². The Morgan fingerprint density at radius 1 is 1.38 bits per heavy atom. The van der Waals surface area contributed by atoms with E-state index in [0.29, 0.717) is 0 Å². The summed E-state index contributed by atoms with van der Waals surface area (Å²) in [6.45, 7) is 6.05. The van der Waals surface area contributed by atoms with Gasteiger partial charge in [0.25, 0.3) is 0 Å². The highest BCUT2D eigenvalue weighted by Crippen LogP contribution is 2.26. The van der Waals surface area contributed by atoms with Crippen LogP contribution in [0.25, 0.3) is 0 Å². The maximum Gasteiger partial charge on any atom is 0.165 e. The van der Waals surface area contributed by atoms with Crippen LogP contribution >= 0.6 is 0 Å². The number of hydrogen-bond acceptors (Lipinski definition) is 3. The van der Waals surface area contributed by atoms with Crippen LogP contribution in [-0.4, -0.2) is 15.8 Å². The Morgan fingerprint density at radius 2 is 2.24 bits per heavy atom. The summed E-state index contributed by atoms with van der Waals surface area (Å²) in [6.07, 6.45) is 7.43. The molecule has 4 heteroatoms. The molecule has 1 aliphatic carbocycles. The predicted octanol–water partition coefficient (Wildman–Crippen LogP) is 3.65. The number of aromatic nitrogens is 2. The van der Waals surface area contributed by atoms with Crippen molar-refractivity contribution in [1.29, 1.82) is 0 Å². The van der Waals surface area contributed by atoms with E-state index in [4.69, 9.17) is 4.74 Å². The first-order valence-corrected chi connectivity index (χ1v) is 7.78. The fraction of sp³-hybridized carbons (Fsp3) is 0.471. The van der Waals surface area contributed by atoms with E-state index in [-0.39, 0.29) is 0 Å². The third kappa shape index (κ3) is 3.85. The van der Waals surface area contributed by atoms with Crippen LogP contribution in [0.5, 0.6) is 11.5 Å². The largest absolute Gasteiger partial charge is 0.454 e. The van der Waals surface area contributed by atoms with Gasteiger partial charge in [-0.3, -0.25) is 4.68 Å². The molecule has 0 spiro atoms. The van der Waals surface area contributed by atoms with Crippen molar-refractivity contribution in [2.45, 2.75) is 52.2 Å². The Hall–Kier alpha value is -1.81. The number of aryl methyl sites for hydroxylation is 2. The molecule has 0 atom stereocenters. The van der Waals surface area contributed by atoms with Crippen LogP contribution in [0.2, 0.25) is 0 Å². The topological polar surface area (TPSA) is 39.1 Å². The van der Waals surface area contributed by atoms with Gasteiger partial charge >= 0.3 is 0 Å². The Labute approximate surface area is 126 Å². The van der Waals surface area contributed by atoms with Crippen LogP contribution in [-0.2, 0) is 13.1 Å². The van der Waals surface area contributed by atoms with E-state index in [1.165, 1.54) is 18.4 Å². The smallest absolute Gasteiger partial charge is 0.165 e. The zero-order valence-corrected chi connectivity index (χ0v) is 12.8. The van der Waals surface area contributed by atoms with Crippen LogP contribution in [0.3, 0.4) is 0 Å². The lowest BCUT2D eigenvalue weighted by molar-refractivity contribution is 0.475. The minimum atomic E-state index is 0.725. The second kappa shape index (κ2) is 6.31. The Bertz CT molecular complexity index is 602. The summed E-state index contributed by atoms with van der Waals surface area (Å²) in [5.74, 6) is 1.72. The lowest BCUT2D eigenvalue weighted by atomic mass is 10.1. The first-order chi connectivity index (χ1) is 10.2. The monoisotopic (exact) mass is 285 g/mol. The molecule has 0 saturated heterocycles. The maximum absolute atomic E-state index is 5.99. The number of nitrogens with zero attached hydrogens (tertiary/aromatic N) is 2. The summed E-state index contributed by atoms with van der Waals surface area (Å²) < 4.78 is 7.91. The van der Waals surface area contributed by atoms with Crippen molar-refractivity contribution in [2.24, 2.45) is 0 Å². The van der Waals surface area contributed by atoms with Gasteiger partial charge in [-0.15, -0.1) is 0 Å². The lowest BCUT2D eigenvalue weighted by Crippen LogP contribution is -2.15. The molecule has 0 radical (unpaired) electrons. The van der Waals surface area contributed by atoms with Gasteiger partial charge in [-0.2, -0.15) is 5.10 Å². The zero-order chi connectivity index (χ0) is 14.7. The molecular weight excluding hydrogens is 262 g/mol. The van der Waals surface area contributed by atoms with Crippen molar-refractivity contribution in [3.63, 3.8) is 0 Å². The van der Waals surface area contributed by atoms with Crippen molar-refractivity contribution < 1.29 is 4.74 Å². The van der Waals surface area contributed by atoms with Crippen LogP contribution < -0.4 is 10.1 Å². The molecule has 0 unspecified atom stereocenters. The Balaban J connectivity index is 1.68. The third-order valence-corrected chi connectivity index (χ3v) is 3.71. The molecule has 1 aromatic heterocycles. The highest BCUT2D eigenvalue weighted by Gasteiger charge is 2.20. The van der Waals surface area contributed by atoms with Gasteiger partial charge in [-0.05, 0) is 43.4 Å². The molecule has 3 rings (SSSR count). The van der Waals surface area contributed by atoms with E-state index in [1.54, 1.807) is 6.20 Å². The average Bonchev–Trinajstić information content (AvgIpc) is 3.21. The SMILES string of the molecule is CCCn1cc(Oc2cc(CNC3CC3)ccc2C)cn1. The Morgan fingerprint density at radius 3 is 3.00 bits per heavy atom. The number of hydrogen-bond donors (Lipinski definition) is 1. The zero-order valence-electron chi connectivity index (χ0n) is 12.8. The van der Waals surface area contributed by atoms with Gasteiger partial charge in [0.05, 0.1) is 12.4 Å². The molecule has 21 heavy (non-hydrogen) atoms. The number of nitrogens with one attached hydrogen (secondary N) is 1. The fourth-order valence-corrected chi connectivity index (χ4v) is 2.29. The number of rotatable bonds is 7. The molecule has 0 bridgehead atoms. The van der Waals surface area contributed by atoms with Crippen LogP contribution in [0.1, 0.15) is 37.3 Å².